The summed E-state index contributed by atoms with van der Waals surface area (Å²) in [4.78, 5) is 27.5. The van der Waals surface area contributed by atoms with Crippen molar-refractivity contribution >= 4 is 11.9 Å². The number of ether oxygens (including phenoxy) is 2. The van der Waals surface area contributed by atoms with Gasteiger partial charge in [-0.25, -0.2) is 9.07 Å². The normalized spacial score (nSPS) is 15.8. The van der Waals surface area contributed by atoms with Crippen LogP contribution in [0.1, 0.15) is 30.3 Å². The predicted octanol–water partition coefficient (Wildman–Crippen LogP) is 4.10. The molecule has 0 saturated carbocycles. The Labute approximate surface area is 191 Å². The highest BCUT2D eigenvalue weighted by Crippen LogP contribution is 2.26. The molecule has 1 saturated heterocycles. The molecule has 0 aliphatic carbocycles. The first-order valence-electron chi connectivity index (χ1n) is 11.0. The van der Waals surface area contributed by atoms with E-state index in [1.165, 1.54) is 12.1 Å². The van der Waals surface area contributed by atoms with Crippen LogP contribution in [0.5, 0.6) is 5.75 Å². The van der Waals surface area contributed by atoms with Crippen molar-refractivity contribution in [3.63, 3.8) is 0 Å². The molecule has 1 fully saturated rings. The minimum absolute atomic E-state index is 0.222. The Kier molecular flexibility index (Phi) is 6.72. The van der Waals surface area contributed by atoms with E-state index in [0.717, 1.165) is 6.42 Å². The number of carbonyl (C=O) groups excluding carboxylic acids is 2. The quantitative estimate of drug-likeness (QED) is 0.528. The minimum atomic E-state index is -0.344. The van der Waals surface area contributed by atoms with Crippen molar-refractivity contribution in [2.75, 3.05) is 26.8 Å². The number of aromatic nitrogens is 2. The lowest BCUT2D eigenvalue weighted by molar-refractivity contribution is -0.149. The number of carbonyl (C=O) groups is 2. The van der Waals surface area contributed by atoms with Crippen molar-refractivity contribution in [1.29, 1.82) is 0 Å². The molecule has 0 radical (unpaired) electrons. The van der Waals surface area contributed by atoms with Crippen LogP contribution in [-0.2, 0) is 9.53 Å². The van der Waals surface area contributed by atoms with Crippen LogP contribution in [0.15, 0.2) is 54.6 Å². The van der Waals surface area contributed by atoms with Gasteiger partial charge in [0, 0.05) is 18.7 Å². The predicted molar refractivity (Wildman–Crippen MR) is 121 cm³/mol. The zero-order valence-corrected chi connectivity index (χ0v) is 18.7. The van der Waals surface area contributed by atoms with E-state index < -0.39 is 0 Å². The first-order chi connectivity index (χ1) is 16.0. The first-order valence-corrected chi connectivity index (χ1v) is 11.0. The zero-order chi connectivity index (χ0) is 23.4. The molecule has 1 aliphatic heterocycles. The number of piperidine rings is 1. The number of hydrogen-bond donors (Lipinski definition) is 0. The third-order valence-electron chi connectivity index (χ3n) is 5.71. The maximum atomic E-state index is 13.6. The Morgan fingerprint density at radius 1 is 1.12 bits per heavy atom. The fourth-order valence-corrected chi connectivity index (χ4v) is 3.99. The minimum Gasteiger partial charge on any atom is -0.497 e. The average molecular weight is 451 g/mol. The SMILES string of the molecule is CCOC(=O)C1CCCN(C(=O)c2cc(-c3ccc(F)cc3)nn2-c2ccc(OC)cc2)C1. The number of esters is 1. The van der Waals surface area contributed by atoms with Crippen LogP contribution < -0.4 is 4.74 Å². The topological polar surface area (TPSA) is 73.7 Å². The second-order valence-electron chi connectivity index (χ2n) is 7.87. The lowest BCUT2D eigenvalue weighted by Crippen LogP contribution is -2.43. The Morgan fingerprint density at radius 2 is 1.85 bits per heavy atom. The standard InChI is InChI=1S/C25H26FN3O4/c1-3-33-25(31)18-5-4-14-28(16-18)24(30)23-15-22(17-6-8-19(26)9-7-17)27-29(23)20-10-12-21(32-2)13-11-20/h6-13,15,18H,3-5,14,16H2,1-2H3. The van der Waals surface area contributed by atoms with E-state index in [4.69, 9.17) is 9.47 Å². The summed E-state index contributed by atoms with van der Waals surface area (Å²) in [6.07, 6.45) is 1.41. The monoisotopic (exact) mass is 451 g/mol. The molecule has 3 aromatic rings. The average Bonchev–Trinajstić information content (AvgIpc) is 3.29. The number of hydrogen-bond acceptors (Lipinski definition) is 5. The molecule has 33 heavy (non-hydrogen) atoms. The number of rotatable bonds is 6. The van der Waals surface area contributed by atoms with E-state index in [2.05, 4.69) is 5.10 Å². The van der Waals surface area contributed by atoms with Crippen molar-refractivity contribution in [3.8, 4) is 22.7 Å². The Balaban J connectivity index is 1.69. The maximum absolute atomic E-state index is 13.6. The molecule has 7 nitrogen and oxygen atoms in total. The summed E-state index contributed by atoms with van der Waals surface area (Å²) >= 11 is 0. The molecular formula is C25H26FN3O4. The van der Waals surface area contributed by atoms with E-state index in [0.29, 0.717) is 54.5 Å². The molecule has 0 N–H and O–H groups in total. The van der Waals surface area contributed by atoms with Gasteiger partial charge in [-0.2, -0.15) is 5.10 Å². The number of likely N-dealkylation sites (tertiary alicyclic amines) is 1. The fourth-order valence-electron chi connectivity index (χ4n) is 3.99. The van der Waals surface area contributed by atoms with Crippen LogP contribution in [-0.4, -0.2) is 53.4 Å². The van der Waals surface area contributed by atoms with Gasteiger partial charge in [0.15, 0.2) is 0 Å². The number of amides is 1. The number of benzene rings is 2. The molecule has 1 unspecified atom stereocenters. The van der Waals surface area contributed by atoms with Crippen LogP contribution >= 0.6 is 0 Å². The number of nitrogens with zero attached hydrogens (tertiary/aromatic N) is 3. The number of halogens is 1. The van der Waals surface area contributed by atoms with Crippen molar-refractivity contribution in [2.24, 2.45) is 5.92 Å². The molecule has 0 spiro atoms. The maximum Gasteiger partial charge on any atom is 0.310 e. The molecular weight excluding hydrogens is 425 g/mol. The molecule has 1 aromatic heterocycles. The Hall–Kier alpha value is -3.68. The van der Waals surface area contributed by atoms with Gasteiger partial charge in [-0.1, -0.05) is 0 Å². The van der Waals surface area contributed by atoms with Gasteiger partial charge in [0.2, 0.25) is 0 Å². The van der Waals surface area contributed by atoms with Gasteiger partial charge in [0.05, 0.1) is 31.0 Å². The third kappa shape index (κ3) is 4.89. The zero-order valence-electron chi connectivity index (χ0n) is 18.7. The van der Waals surface area contributed by atoms with Gasteiger partial charge in [-0.3, -0.25) is 9.59 Å². The van der Waals surface area contributed by atoms with E-state index in [1.54, 1.807) is 53.9 Å². The Morgan fingerprint density at radius 3 is 2.52 bits per heavy atom. The third-order valence-corrected chi connectivity index (χ3v) is 5.71. The van der Waals surface area contributed by atoms with Crippen LogP contribution in [0.4, 0.5) is 4.39 Å². The lowest BCUT2D eigenvalue weighted by atomic mass is 9.98. The van der Waals surface area contributed by atoms with Gasteiger partial charge in [0.1, 0.15) is 17.3 Å². The molecule has 4 rings (SSSR count). The van der Waals surface area contributed by atoms with Crippen molar-refractivity contribution in [3.05, 3.63) is 66.1 Å². The van der Waals surface area contributed by atoms with Gasteiger partial charge < -0.3 is 14.4 Å². The lowest BCUT2D eigenvalue weighted by Gasteiger charge is -2.31. The highest BCUT2D eigenvalue weighted by Gasteiger charge is 2.31. The second kappa shape index (κ2) is 9.85. The van der Waals surface area contributed by atoms with E-state index in [-0.39, 0.29) is 23.6 Å². The van der Waals surface area contributed by atoms with Crippen LogP contribution in [0.25, 0.3) is 16.9 Å². The van der Waals surface area contributed by atoms with Crippen LogP contribution in [0, 0.1) is 11.7 Å². The molecule has 8 heteroatoms. The van der Waals surface area contributed by atoms with Crippen LogP contribution in [0.3, 0.4) is 0 Å². The van der Waals surface area contributed by atoms with Crippen molar-refractivity contribution in [2.45, 2.75) is 19.8 Å². The van der Waals surface area contributed by atoms with Crippen LogP contribution in [0.2, 0.25) is 0 Å². The fraction of sp³-hybridized carbons (Fsp3) is 0.320. The molecule has 1 amide bonds. The van der Waals surface area contributed by atoms with E-state index in [9.17, 15) is 14.0 Å². The largest absolute Gasteiger partial charge is 0.497 e. The Bertz CT molecular complexity index is 1130. The summed E-state index contributed by atoms with van der Waals surface area (Å²) in [5, 5.41) is 4.65. The van der Waals surface area contributed by atoms with Gasteiger partial charge >= 0.3 is 5.97 Å². The summed E-state index contributed by atoms with van der Waals surface area (Å²) < 4.78 is 25.4. The van der Waals surface area contributed by atoms with E-state index in [1.807, 2.05) is 12.1 Å². The summed E-state index contributed by atoms with van der Waals surface area (Å²) in [7, 11) is 1.58. The smallest absolute Gasteiger partial charge is 0.310 e. The van der Waals surface area contributed by atoms with Gasteiger partial charge in [-0.15, -0.1) is 0 Å². The highest BCUT2D eigenvalue weighted by molar-refractivity contribution is 5.95. The summed E-state index contributed by atoms with van der Waals surface area (Å²) in [5.74, 6) is -0.489. The van der Waals surface area contributed by atoms with Gasteiger partial charge in [0.25, 0.3) is 5.91 Å². The summed E-state index contributed by atoms with van der Waals surface area (Å²) in [6.45, 7) is 2.94. The molecule has 2 aromatic carbocycles. The molecule has 1 aliphatic rings. The van der Waals surface area contributed by atoms with Gasteiger partial charge in [-0.05, 0) is 74.4 Å². The van der Waals surface area contributed by atoms with Crippen molar-refractivity contribution in [1.82, 2.24) is 14.7 Å². The number of methoxy groups -OCH3 is 1. The second-order valence-corrected chi connectivity index (χ2v) is 7.87. The summed E-state index contributed by atoms with van der Waals surface area (Å²) in [6, 6.07) is 14.9. The van der Waals surface area contributed by atoms with Crippen molar-refractivity contribution < 1.29 is 23.5 Å². The molecule has 172 valence electrons. The molecule has 2 heterocycles. The molecule has 0 bridgehead atoms. The highest BCUT2D eigenvalue weighted by atomic mass is 19.1. The van der Waals surface area contributed by atoms with E-state index >= 15 is 0 Å². The first kappa shape index (κ1) is 22.5. The summed E-state index contributed by atoms with van der Waals surface area (Å²) in [5.41, 5.74) is 2.30. The molecule has 1 atom stereocenters.